The molecule has 0 saturated carbocycles. The highest BCUT2D eigenvalue weighted by atomic mass is 35.5. The number of nitrogens with zero attached hydrogens (tertiary/aromatic N) is 3. The first-order valence-electron chi connectivity index (χ1n) is 7.71. The lowest BCUT2D eigenvalue weighted by molar-refractivity contribution is -0.121. The van der Waals surface area contributed by atoms with Crippen LogP contribution in [-0.2, 0) is 14.8 Å². The van der Waals surface area contributed by atoms with Crippen molar-refractivity contribution in [2.75, 3.05) is 6.54 Å². The average molecular weight is 397 g/mol. The zero-order valence-corrected chi connectivity index (χ0v) is 15.2. The van der Waals surface area contributed by atoms with Gasteiger partial charge in [0.25, 0.3) is 0 Å². The van der Waals surface area contributed by atoms with Crippen molar-refractivity contribution in [3.8, 4) is 0 Å². The van der Waals surface area contributed by atoms with E-state index in [9.17, 15) is 13.2 Å². The third kappa shape index (κ3) is 3.18. The summed E-state index contributed by atoms with van der Waals surface area (Å²) in [5.74, 6) is -0.741. The fourth-order valence-corrected chi connectivity index (χ4v) is 4.90. The Morgan fingerprint density at radius 3 is 2.65 bits per heavy atom. The fourth-order valence-electron chi connectivity index (χ4n) is 2.99. The lowest BCUT2D eigenvalue weighted by Gasteiger charge is -2.22. The molecule has 0 aliphatic carbocycles. The van der Waals surface area contributed by atoms with Crippen LogP contribution in [0.3, 0.4) is 0 Å². The molecule has 0 bridgehead atoms. The van der Waals surface area contributed by atoms with E-state index in [1.165, 1.54) is 18.3 Å². The summed E-state index contributed by atoms with van der Waals surface area (Å²) in [5, 5.41) is 1.25. The summed E-state index contributed by atoms with van der Waals surface area (Å²) >= 11 is 6.13. The van der Waals surface area contributed by atoms with Crippen LogP contribution in [0, 0.1) is 0 Å². The molecule has 11 heteroatoms. The van der Waals surface area contributed by atoms with Crippen molar-refractivity contribution in [3.63, 3.8) is 0 Å². The van der Waals surface area contributed by atoms with E-state index in [0.717, 1.165) is 4.31 Å². The molecule has 1 aromatic carbocycles. The SMILES string of the molecule is NC(=O)C1CCCN1S(=O)(=O)c1ccc2c(Cl)cnc(N=C(N)N)c2c1. The van der Waals surface area contributed by atoms with Gasteiger partial charge in [-0.3, -0.25) is 4.79 Å². The maximum atomic E-state index is 13.0. The van der Waals surface area contributed by atoms with Gasteiger partial charge in [0, 0.05) is 23.5 Å². The van der Waals surface area contributed by atoms with Crippen molar-refractivity contribution in [1.29, 1.82) is 0 Å². The van der Waals surface area contributed by atoms with Gasteiger partial charge in [-0.1, -0.05) is 17.7 Å². The monoisotopic (exact) mass is 396 g/mol. The molecule has 26 heavy (non-hydrogen) atoms. The van der Waals surface area contributed by atoms with Crippen LogP contribution >= 0.6 is 11.6 Å². The predicted molar refractivity (Wildman–Crippen MR) is 98.3 cm³/mol. The van der Waals surface area contributed by atoms with Crippen molar-refractivity contribution in [2.24, 2.45) is 22.2 Å². The molecule has 1 aliphatic heterocycles. The number of sulfonamides is 1. The Morgan fingerprint density at radius 2 is 2.00 bits per heavy atom. The van der Waals surface area contributed by atoms with Gasteiger partial charge in [0.05, 0.1) is 9.92 Å². The second-order valence-electron chi connectivity index (χ2n) is 5.85. The van der Waals surface area contributed by atoms with Crippen LogP contribution in [0.1, 0.15) is 12.8 Å². The first-order chi connectivity index (χ1) is 12.2. The topological polar surface area (TPSA) is 158 Å². The molecular formula is C15H17ClN6O3S. The van der Waals surface area contributed by atoms with E-state index in [2.05, 4.69) is 9.98 Å². The van der Waals surface area contributed by atoms with Gasteiger partial charge in [-0.05, 0) is 25.0 Å². The molecule has 0 spiro atoms. The number of carbonyl (C=O) groups is 1. The van der Waals surface area contributed by atoms with Crippen LogP contribution < -0.4 is 17.2 Å². The summed E-state index contributed by atoms with van der Waals surface area (Å²) in [7, 11) is -3.93. The Labute approximate surface area is 154 Å². The number of guanidine groups is 1. The van der Waals surface area contributed by atoms with E-state index in [1.807, 2.05) is 0 Å². The third-order valence-corrected chi connectivity index (χ3v) is 6.37. The van der Waals surface area contributed by atoms with Crippen molar-refractivity contribution >= 4 is 50.1 Å². The first-order valence-corrected chi connectivity index (χ1v) is 9.52. The van der Waals surface area contributed by atoms with Crippen LogP contribution in [0.5, 0.6) is 0 Å². The Kier molecular flexibility index (Phi) is 4.74. The van der Waals surface area contributed by atoms with Crippen LogP contribution in [0.25, 0.3) is 10.8 Å². The van der Waals surface area contributed by atoms with E-state index in [1.54, 1.807) is 6.07 Å². The van der Waals surface area contributed by atoms with Crippen LogP contribution in [0.4, 0.5) is 5.82 Å². The number of amides is 1. The summed E-state index contributed by atoms with van der Waals surface area (Å²) < 4.78 is 27.1. The lowest BCUT2D eigenvalue weighted by Crippen LogP contribution is -2.43. The second kappa shape index (κ2) is 6.71. The molecular weight excluding hydrogens is 380 g/mol. The van der Waals surface area contributed by atoms with Gasteiger partial charge in [-0.15, -0.1) is 0 Å². The Balaban J connectivity index is 2.17. The summed E-state index contributed by atoms with van der Waals surface area (Å²) in [4.78, 5) is 19.5. The zero-order chi connectivity index (χ0) is 19.1. The fraction of sp³-hybridized carbons (Fsp3) is 0.267. The Bertz CT molecular complexity index is 1020. The Morgan fingerprint density at radius 1 is 1.27 bits per heavy atom. The summed E-state index contributed by atoms with van der Waals surface area (Å²) in [5.41, 5.74) is 16.1. The van der Waals surface area contributed by atoms with E-state index in [0.29, 0.717) is 28.6 Å². The van der Waals surface area contributed by atoms with Gasteiger partial charge in [-0.2, -0.15) is 9.30 Å². The molecule has 3 rings (SSSR count). The van der Waals surface area contributed by atoms with Gasteiger partial charge in [0.15, 0.2) is 11.8 Å². The van der Waals surface area contributed by atoms with E-state index < -0.39 is 22.0 Å². The number of benzene rings is 1. The standard InChI is InChI=1S/C15H17ClN6O3S/c16-11-7-20-14(21-15(18)19)10-6-8(3-4-9(10)11)26(24,25)22-5-1-2-12(22)13(17)23/h3-4,6-7,12H,1-2,5H2,(H2,17,23)(H4,18,19,20,21). The molecule has 1 fully saturated rings. The molecule has 1 unspecified atom stereocenters. The number of aromatic nitrogens is 1. The van der Waals surface area contributed by atoms with Gasteiger partial charge >= 0.3 is 0 Å². The van der Waals surface area contributed by atoms with Crippen molar-refractivity contribution in [3.05, 3.63) is 29.4 Å². The number of hydrogen-bond donors (Lipinski definition) is 3. The maximum absolute atomic E-state index is 13.0. The number of fused-ring (bicyclic) bond motifs is 1. The number of pyridine rings is 1. The minimum atomic E-state index is -3.93. The van der Waals surface area contributed by atoms with E-state index in [-0.39, 0.29) is 23.2 Å². The average Bonchev–Trinajstić information content (AvgIpc) is 3.07. The Hall–Kier alpha value is -2.43. The number of nitrogens with two attached hydrogens (primary N) is 3. The van der Waals surface area contributed by atoms with Gasteiger partial charge < -0.3 is 17.2 Å². The number of carbonyl (C=O) groups excluding carboxylic acids is 1. The highest BCUT2D eigenvalue weighted by molar-refractivity contribution is 7.89. The molecule has 0 radical (unpaired) electrons. The number of rotatable bonds is 4. The summed E-state index contributed by atoms with van der Waals surface area (Å²) in [6.07, 6.45) is 2.34. The van der Waals surface area contributed by atoms with E-state index >= 15 is 0 Å². The van der Waals surface area contributed by atoms with Crippen LogP contribution in [-0.4, -0.2) is 42.2 Å². The summed E-state index contributed by atoms with van der Waals surface area (Å²) in [6, 6.07) is 3.50. The molecule has 138 valence electrons. The largest absolute Gasteiger partial charge is 0.370 e. The molecule has 2 heterocycles. The molecule has 1 aliphatic rings. The molecule has 6 N–H and O–H groups in total. The van der Waals surface area contributed by atoms with Crippen molar-refractivity contribution in [1.82, 2.24) is 9.29 Å². The number of hydrogen-bond acceptors (Lipinski definition) is 5. The van der Waals surface area contributed by atoms with Crippen LogP contribution in [0.15, 0.2) is 34.3 Å². The molecule has 9 nitrogen and oxygen atoms in total. The molecule has 1 aromatic heterocycles. The second-order valence-corrected chi connectivity index (χ2v) is 8.15. The van der Waals surface area contributed by atoms with E-state index in [4.69, 9.17) is 28.8 Å². The highest BCUT2D eigenvalue weighted by Crippen LogP contribution is 2.33. The quantitative estimate of drug-likeness (QED) is 0.502. The normalized spacial score (nSPS) is 18.1. The minimum absolute atomic E-state index is 0.0192. The van der Waals surface area contributed by atoms with Crippen LogP contribution in [0.2, 0.25) is 5.02 Å². The maximum Gasteiger partial charge on any atom is 0.243 e. The highest BCUT2D eigenvalue weighted by Gasteiger charge is 2.38. The van der Waals surface area contributed by atoms with Crippen molar-refractivity contribution < 1.29 is 13.2 Å². The molecule has 1 amide bonds. The molecule has 1 saturated heterocycles. The van der Waals surface area contributed by atoms with Gasteiger partial charge in [0.1, 0.15) is 6.04 Å². The third-order valence-electron chi connectivity index (χ3n) is 4.16. The van der Waals surface area contributed by atoms with Gasteiger partial charge in [-0.25, -0.2) is 13.4 Å². The van der Waals surface area contributed by atoms with Crippen molar-refractivity contribution in [2.45, 2.75) is 23.8 Å². The number of halogens is 1. The smallest absolute Gasteiger partial charge is 0.243 e. The zero-order valence-electron chi connectivity index (χ0n) is 13.6. The molecule has 1 atom stereocenters. The predicted octanol–water partition coefficient (Wildman–Crippen LogP) is 0.432. The number of primary amides is 1. The summed E-state index contributed by atoms with van der Waals surface area (Å²) in [6.45, 7) is 0.225. The number of aliphatic imine (C=N–C) groups is 1. The first kappa shape index (κ1) is 18.4. The lowest BCUT2D eigenvalue weighted by atomic mass is 10.1. The minimum Gasteiger partial charge on any atom is -0.370 e. The van der Waals surface area contributed by atoms with Gasteiger partial charge in [0.2, 0.25) is 15.9 Å². The molecule has 2 aromatic rings.